The Kier molecular flexibility index (Phi) is 444. The summed E-state index contributed by atoms with van der Waals surface area (Å²) < 4.78 is 19.1. The Bertz CT molecular complexity index is 2640. The Morgan fingerprint density at radius 1 is 0.276 bits per heavy atom. The van der Waals surface area contributed by atoms with Crippen LogP contribution in [-0.2, 0) is 1540 Å². The molecule has 0 aliphatic heterocycles. The summed E-state index contributed by atoms with van der Waals surface area (Å²) >= 11 is 24.6. The predicted octanol–water partition coefficient (Wildman–Crippen LogP) is 21.7. The molecule has 3 fully saturated rings. The van der Waals surface area contributed by atoms with Crippen LogP contribution in [0.3, 0.4) is 0 Å². The molecule has 45 radical (unpaired) electrons. The van der Waals surface area contributed by atoms with Gasteiger partial charge < -0.3 is 33.5 Å². The number of hydrogen-bond acceptors (Lipinski definition) is 3. The van der Waals surface area contributed by atoms with Crippen LogP contribution < -0.4 is 14.2 Å². The van der Waals surface area contributed by atoms with Gasteiger partial charge in [0.05, 0.1) is 20.6 Å². The topological polar surface area (TPSA) is 27.7 Å². The van der Waals surface area contributed by atoms with Gasteiger partial charge in [-0.1, -0.05) is 165 Å². The molecule has 3 aliphatic rings. The maximum atomic E-state index is 6.04. The van der Waals surface area contributed by atoms with E-state index in [1.165, 1.54) is 11.1 Å². The molecule has 3 saturated carbocycles. The van der Waals surface area contributed by atoms with E-state index in [1.54, 1.807) is 0 Å². The quantitative estimate of drug-likeness (QED) is 0.0672. The molecule has 3 nitrogen and oxygen atoms in total. The van der Waals surface area contributed by atoms with Gasteiger partial charge in [0.1, 0.15) is 21.7 Å². The summed E-state index contributed by atoms with van der Waals surface area (Å²) in [6.07, 6.45) is 23.1. The molecule has 0 amide bonds. The maximum absolute atomic E-state index is 6.04. The van der Waals surface area contributed by atoms with E-state index in [4.69, 9.17) is 49.0 Å². The molecular formula is C67H69Br2Cl3O3W3Y45-6. The molecule has 0 N–H and O–H groups in total. The number of hydrogen-bond donors (Lipinski definition) is 0. The fourth-order valence-corrected chi connectivity index (χ4v) is 11.0. The van der Waals surface area contributed by atoms with Crippen LogP contribution in [0.4, 0.5) is 0 Å². The molecule has 6 aromatic rings. The van der Waals surface area contributed by atoms with Crippen molar-refractivity contribution in [3.8, 4) is 34.5 Å². The molecular weight excluding hydrogens is 5670 g/mol. The van der Waals surface area contributed by atoms with E-state index in [9.17, 15) is 0 Å². The number of ether oxygens (including phenoxy) is 3. The van der Waals surface area contributed by atoms with Gasteiger partial charge >= 0.3 is 0 Å². The zero-order valence-corrected chi connectivity index (χ0v) is 213. The van der Waals surface area contributed by atoms with E-state index >= 15 is 0 Å². The molecule has 6 aromatic carbocycles. The molecule has 0 saturated heterocycles. The molecule has 0 heterocycles. The zero-order valence-electron chi connectivity index (χ0n) is 71.2. The maximum Gasteiger partial charge on any atom is 0.125 e. The molecule has 123 heavy (non-hydrogen) atoms. The number of halogens is 5. The Balaban J connectivity index is -0.0000000167. The van der Waals surface area contributed by atoms with Crippen LogP contribution in [0.15, 0.2) is 195 Å². The van der Waals surface area contributed by atoms with Crippen molar-refractivity contribution in [2.45, 2.75) is 67.7 Å². The van der Waals surface area contributed by atoms with Crippen LogP contribution in [0.1, 0.15) is 84.4 Å². The molecule has 0 bridgehead atoms. The first-order valence-corrected chi connectivity index (χ1v) is 28.5. The minimum Gasteiger partial charge on any atom is -0.470 e. The molecule has 549 valence electrons. The van der Waals surface area contributed by atoms with Crippen molar-refractivity contribution in [2.75, 3.05) is 0 Å². The van der Waals surface area contributed by atoms with Crippen molar-refractivity contribution in [3.63, 3.8) is 0 Å². The van der Waals surface area contributed by atoms with Crippen LogP contribution in [-0.4, -0.2) is 0 Å². The van der Waals surface area contributed by atoms with Crippen molar-refractivity contribution in [1.29, 1.82) is 0 Å². The van der Waals surface area contributed by atoms with E-state index in [1.807, 2.05) is 140 Å². The molecule has 9 rings (SSSR count). The van der Waals surface area contributed by atoms with Crippen LogP contribution in [0, 0.1) is 90.3 Å². The third kappa shape index (κ3) is 138. The predicted molar refractivity (Wildman–Crippen MR) is 323 cm³/mol. The van der Waals surface area contributed by atoms with Crippen molar-refractivity contribution in [3.05, 3.63) is 250 Å². The molecule has 6 unspecified atom stereocenters. The minimum atomic E-state index is 0. The number of allylic oxidation sites excluding steroid dienone is 4. The summed E-state index contributed by atoms with van der Waals surface area (Å²) in [7, 11) is 0. The van der Waals surface area contributed by atoms with Gasteiger partial charge in [0, 0.05) is 1540 Å². The second kappa shape index (κ2) is 184. The SMILES string of the molecule is C/C(Cl)=C/C1C([CH-]C[CH-]c2cccc(Oc3ccccc3)c2)C1(C)C.CC1(C)C(C=C(Br)Br)C1[CH-]C[CH-]c1cccc(Oc2ccccc2)c1.CC1(C)C(C=C(Cl)Cl)C1[CH-]C[CH-]c1cccc(Oc2ccccc2)c1.[W].[W].[W].[Y].[Y].[Y].[Y].[Y].[Y].[Y].[Y].[Y].[Y].[Y].[Y].[Y].[Y].[Y].[Y].[Y].[Y].[Y].[Y].[Y].[Y].[Y].[Y].[Y].[Y].[Y].[Y].[Y].[Y].[Y].[Y].[Y].[Y].[Y].[Y].[Y].[Y].[Y].[Y].[Y].[Y].[Y].[Y].[Y]. The molecule has 0 aromatic heterocycles. The number of para-hydroxylation sites is 3. The summed E-state index contributed by atoms with van der Waals surface area (Å²) in [5.41, 5.74) is 4.44. The third-order valence-corrected chi connectivity index (χ3v) is 15.7. The van der Waals surface area contributed by atoms with Crippen molar-refractivity contribution in [2.24, 2.45) is 51.8 Å². The van der Waals surface area contributed by atoms with Crippen molar-refractivity contribution >= 4 is 66.7 Å². The first kappa shape index (κ1) is 296. The van der Waals surface area contributed by atoms with Gasteiger partial charge in [-0.15, -0.1) is 36.4 Å². The van der Waals surface area contributed by atoms with E-state index in [0.29, 0.717) is 50.8 Å². The van der Waals surface area contributed by atoms with Gasteiger partial charge in [-0.05, 0) is 111 Å². The number of rotatable bonds is 21. The van der Waals surface area contributed by atoms with E-state index in [0.717, 1.165) is 67.7 Å². The average molecular weight is 5740 g/mol. The largest absolute Gasteiger partial charge is 0.470 e. The van der Waals surface area contributed by atoms with Gasteiger partial charge in [-0.2, -0.15) is 52.6 Å². The molecule has 0 spiro atoms. The zero-order chi connectivity index (χ0) is 53.6. The van der Waals surface area contributed by atoms with Crippen molar-refractivity contribution < 1.29 is 1550 Å². The molecule has 56 heteroatoms. The summed E-state index contributed by atoms with van der Waals surface area (Å²) in [5.74, 6) is 8.48. The smallest absolute Gasteiger partial charge is 0.125 e. The van der Waals surface area contributed by atoms with Crippen LogP contribution in [0.25, 0.3) is 0 Å². The molecule has 6 atom stereocenters. The van der Waals surface area contributed by atoms with Gasteiger partial charge in [-0.25, -0.2) is 38.5 Å². The average Bonchev–Trinajstić information content (AvgIpc) is 1.60. The van der Waals surface area contributed by atoms with E-state index in [-0.39, 0.29) is 1540 Å². The van der Waals surface area contributed by atoms with Crippen LogP contribution >= 0.6 is 66.7 Å². The number of benzene rings is 6. The fourth-order valence-electron chi connectivity index (χ4n) is 10.0. The van der Waals surface area contributed by atoms with Gasteiger partial charge in [0.25, 0.3) is 0 Å². The van der Waals surface area contributed by atoms with Gasteiger partial charge in [0.15, 0.2) is 0 Å². The summed E-state index contributed by atoms with van der Waals surface area (Å²) in [5, 5.41) is 0.892. The molecule has 3 aliphatic carbocycles. The second-order valence-electron chi connectivity index (χ2n) is 21.3. The Morgan fingerprint density at radius 2 is 0.455 bits per heavy atom. The van der Waals surface area contributed by atoms with Crippen LogP contribution in [0.5, 0.6) is 34.5 Å². The Hall–Kier alpha value is 47.1. The van der Waals surface area contributed by atoms with Gasteiger partial charge in [0.2, 0.25) is 0 Å². The Labute approximate surface area is 1950 Å². The normalized spacial score (nSPS) is 12.8. The first-order chi connectivity index (χ1) is 35.9. The standard InChI is InChI=1S/C23H25ClO.C22H22Br2O.C22H22Cl2O.3W.45Y/c1-17(24)15-22-21(23(22,2)3)14-8-10-18-9-7-13-20(16-18)25-19-11-5-4-6-12-19;2*1-22(2)19(20(22)15-21(23)24)13-7-9-16-8-6-12-18(14-16)25-17-10-4-3-5-11-17;;;;;;;;;;;;;;;;;;;;;;;;;;;;;;;;;;;;;;;;;;;;;;;;/h4-7,9-16,21-22H,8H2,1-3H3;2*3-6,8-15,19-20H,7H2,1-2H3;;;;;;;;;;;;;;;;;;;;;;;;;;;;;;;;;;;;;;;;;;;;;;;;/q3*-2;;;;;;;;;;;;;;;;;;;;;;;;;;;;;;;;;;;;;;;;;;;;;;;;/b17-15-;;;;;;;;;;;;;;;;;;;;;;;;;;;;;;;;;;;;;;;;;;;;;;;;;;. The fraction of sp³-hybridized carbons (Fsp3) is 0.284. The van der Waals surface area contributed by atoms with Gasteiger partial charge in [-0.3, -0.25) is 0 Å². The summed E-state index contributed by atoms with van der Waals surface area (Å²) in [6.45, 7) is 15.7. The monoisotopic (exact) mass is 5740 g/mol. The third-order valence-electron chi connectivity index (χ3n) is 14.8. The van der Waals surface area contributed by atoms with Crippen LogP contribution in [0.2, 0.25) is 0 Å². The Morgan fingerprint density at radius 3 is 0.634 bits per heavy atom. The second-order valence-corrected chi connectivity index (χ2v) is 25.7. The van der Waals surface area contributed by atoms with E-state index < -0.39 is 0 Å². The van der Waals surface area contributed by atoms with Crippen molar-refractivity contribution in [1.82, 2.24) is 0 Å². The summed E-state index contributed by atoms with van der Waals surface area (Å²) in [4.78, 5) is 0. The first-order valence-electron chi connectivity index (χ1n) is 25.8. The minimum absolute atomic E-state index is 0. The summed E-state index contributed by atoms with van der Waals surface area (Å²) in [6, 6.07) is 54.2. The van der Waals surface area contributed by atoms with E-state index in [2.05, 4.69) is 160 Å².